The number of rotatable bonds is 4. The van der Waals surface area contributed by atoms with Gasteiger partial charge in [-0.1, -0.05) is 0 Å². The molecule has 0 aromatic carbocycles. The SMILES string of the molecule is C#CCCC(=O)N1CCCC(CCO)C1. The van der Waals surface area contributed by atoms with Crippen molar-refractivity contribution in [2.24, 2.45) is 5.92 Å². The van der Waals surface area contributed by atoms with E-state index in [9.17, 15) is 4.79 Å². The van der Waals surface area contributed by atoms with Crippen LogP contribution in [0.3, 0.4) is 0 Å². The maximum Gasteiger partial charge on any atom is 0.223 e. The summed E-state index contributed by atoms with van der Waals surface area (Å²) >= 11 is 0. The molecule has 1 saturated heterocycles. The van der Waals surface area contributed by atoms with E-state index in [1.807, 2.05) is 4.90 Å². The summed E-state index contributed by atoms with van der Waals surface area (Å²) in [6.07, 6.45) is 9.09. The number of likely N-dealkylation sites (tertiary alicyclic amines) is 1. The maximum absolute atomic E-state index is 11.7. The minimum atomic E-state index is 0.163. The van der Waals surface area contributed by atoms with Gasteiger partial charge in [-0.15, -0.1) is 12.3 Å². The first kappa shape index (κ1) is 12.1. The monoisotopic (exact) mass is 209 g/mol. The largest absolute Gasteiger partial charge is 0.396 e. The highest BCUT2D eigenvalue weighted by Gasteiger charge is 2.22. The quantitative estimate of drug-likeness (QED) is 0.702. The summed E-state index contributed by atoms with van der Waals surface area (Å²) in [4.78, 5) is 13.6. The third-order valence-corrected chi connectivity index (χ3v) is 2.89. The van der Waals surface area contributed by atoms with Crippen molar-refractivity contribution in [2.75, 3.05) is 19.7 Å². The van der Waals surface area contributed by atoms with Crippen LogP contribution < -0.4 is 0 Å². The van der Waals surface area contributed by atoms with Crippen LogP contribution in [0.4, 0.5) is 0 Å². The van der Waals surface area contributed by atoms with Crippen LogP contribution in [0.5, 0.6) is 0 Å². The molecule has 0 bridgehead atoms. The van der Waals surface area contributed by atoms with Crippen LogP contribution in [0.1, 0.15) is 32.1 Å². The van der Waals surface area contributed by atoms with Crippen molar-refractivity contribution in [1.82, 2.24) is 4.90 Å². The minimum Gasteiger partial charge on any atom is -0.396 e. The van der Waals surface area contributed by atoms with Crippen molar-refractivity contribution < 1.29 is 9.90 Å². The summed E-state index contributed by atoms with van der Waals surface area (Å²) in [5.41, 5.74) is 0. The summed E-state index contributed by atoms with van der Waals surface area (Å²) in [6, 6.07) is 0. The van der Waals surface area contributed by atoms with Crippen LogP contribution in [0.2, 0.25) is 0 Å². The number of carbonyl (C=O) groups is 1. The molecule has 1 aliphatic heterocycles. The van der Waals surface area contributed by atoms with Gasteiger partial charge in [-0.25, -0.2) is 0 Å². The van der Waals surface area contributed by atoms with Gasteiger partial charge in [0.15, 0.2) is 0 Å². The van der Waals surface area contributed by atoms with E-state index in [0.29, 0.717) is 18.8 Å². The van der Waals surface area contributed by atoms with E-state index in [2.05, 4.69) is 5.92 Å². The molecule has 1 rings (SSSR count). The Morgan fingerprint density at radius 3 is 3.07 bits per heavy atom. The zero-order valence-electron chi connectivity index (χ0n) is 9.11. The predicted molar refractivity (Wildman–Crippen MR) is 59.1 cm³/mol. The summed E-state index contributed by atoms with van der Waals surface area (Å²) < 4.78 is 0. The first-order chi connectivity index (χ1) is 7.27. The van der Waals surface area contributed by atoms with Crippen molar-refractivity contribution in [1.29, 1.82) is 0 Å². The van der Waals surface area contributed by atoms with Gasteiger partial charge in [0.1, 0.15) is 0 Å². The lowest BCUT2D eigenvalue weighted by Gasteiger charge is -2.32. The van der Waals surface area contributed by atoms with Gasteiger partial charge >= 0.3 is 0 Å². The van der Waals surface area contributed by atoms with Gasteiger partial charge in [-0.3, -0.25) is 4.79 Å². The Kier molecular flexibility index (Phi) is 5.20. The van der Waals surface area contributed by atoms with Gasteiger partial charge in [0.2, 0.25) is 5.91 Å². The predicted octanol–water partition coefficient (Wildman–Crippen LogP) is 1.02. The Balaban J connectivity index is 2.35. The van der Waals surface area contributed by atoms with Crippen LogP contribution in [0.25, 0.3) is 0 Å². The topological polar surface area (TPSA) is 40.5 Å². The number of carbonyl (C=O) groups excluding carboxylic acids is 1. The van der Waals surface area contributed by atoms with Gasteiger partial charge in [-0.05, 0) is 25.2 Å². The van der Waals surface area contributed by atoms with Crippen molar-refractivity contribution in [3.8, 4) is 12.3 Å². The van der Waals surface area contributed by atoms with Gasteiger partial charge in [0, 0.05) is 32.5 Å². The molecule has 0 saturated carbocycles. The molecule has 1 atom stereocenters. The number of aliphatic hydroxyl groups is 1. The second-order valence-corrected chi connectivity index (χ2v) is 4.06. The van der Waals surface area contributed by atoms with Gasteiger partial charge in [-0.2, -0.15) is 0 Å². The van der Waals surface area contributed by atoms with E-state index < -0.39 is 0 Å². The molecule has 15 heavy (non-hydrogen) atoms. The molecule has 3 nitrogen and oxygen atoms in total. The molecule has 84 valence electrons. The first-order valence-corrected chi connectivity index (χ1v) is 5.60. The van der Waals surface area contributed by atoms with E-state index in [1.54, 1.807) is 0 Å². The molecule has 0 aliphatic carbocycles. The third-order valence-electron chi connectivity index (χ3n) is 2.89. The summed E-state index contributed by atoms with van der Waals surface area (Å²) in [5, 5.41) is 8.85. The van der Waals surface area contributed by atoms with E-state index in [1.165, 1.54) is 0 Å². The Morgan fingerprint density at radius 2 is 2.40 bits per heavy atom. The summed E-state index contributed by atoms with van der Waals surface area (Å²) in [5.74, 6) is 3.12. The number of terminal acetylenes is 1. The Hall–Kier alpha value is -1.01. The highest BCUT2D eigenvalue weighted by atomic mass is 16.3. The second kappa shape index (κ2) is 6.47. The van der Waals surface area contributed by atoms with Gasteiger partial charge in [0.25, 0.3) is 0 Å². The molecular weight excluding hydrogens is 190 g/mol. The number of aliphatic hydroxyl groups excluding tert-OH is 1. The highest BCUT2D eigenvalue weighted by molar-refractivity contribution is 5.76. The number of hydrogen-bond acceptors (Lipinski definition) is 2. The van der Waals surface area contributed by atoms with E-state index in [4.69, 9.17) is 11.5 Å². The molecule has 0 radical (unpaired) electrons. The lowest BCUT2D eigenvalue weighted by atomic mass is 9.95. The average Bonchev–Trinajstić information content (AvgIpc) is 2.27. The molecule has 0 spiro atoms. The fourth-order valence-electron chi connectivity index (χ4n) is 2.05. The lowest BCUT2D eigenvalue weighted by molar-refractivity contribution is -0.133. The van der Waals surface area contributed by atoms with E-state index in [0.717, 1.165) is 32.4 Å². The number of amides is 1. The molecule has 1 heterocycles. The molecular formula is C12H19NO2. The standard InChI is InChI=1S/C12H19NO2/c1-2-3-6-12(15)13-8-4-5-11(10-13)7-9-14/h1,11,14H,3-10H2. The summed E-state index contributed by atoms with van der Waals surface area (Å²) in [7, 11) is 0. The van der Waals surface area contributed by atoms with Crippen molar-refractivity contribution in [3.63, 3.8) is 0 Å². The normalized spacial score (nSPS) is 21.1. The highest BCUT2D eigenvalue weighted by Crippen LogP contribution is 2.19. The molecule has 0 aromatic heterocycles. The minimum absolute atomic E-state index is 0.163. The van der Waals surface area contributed by atoms with Crippen LogP contribution in [0, 0.1) is 18.3 Å². The first-order valence-electron chi connectivity index (χ1n) is 5.60. The Labute approximate surface area is 91.5 Å². The summed E-state index contributed by atoms with van der Waals surface area (Å²) in [6.45, 7) is 1.87. The van der Waals surface area contributed by atoms with Crippen molar-refractivity contribution in [3.05, 3.63) is 0 Å². The smallest absolute Gasteiger partial charge is 0.223 e. The molecule has 0 aromatic rings. The fraction of sp³-hybridized carbons (Fsp3) is 0.750. The number of nitrogens with zero attached hydrogens (tertiary/aromatic N) is 1. The van der Waals surface area contributed by atoms with Crippen LogP contribution in [-0.2, 0) is 4.79 Å². The van der Waals surface area contributed by atoms with Crippen LogP contribution in [-0.4, -0.2) is 35.6 Å². The van der Waals surface area contributed by atoms with E-state index >= 15 is 0 Å². The van der Waals surface area contributed by atoms with Crippen molar-refractivity contribution >= 4 is 5.91 Å². The molecule has 1 unspecified atom stereocenters. The number of piperidine rings is 1. The Morgan fingerprint density at radius 1 is 1.60 bits per heavy atom. The molecule has 1 amide bonds. The zero-order chi connectivity index (χ0) is 11.1. The second-order valence-electron chi connectivity index (χ2n) is 4.06. The third kappa shape index (κ3) is 3.93. The Bertz CT molecular complexity index is 242. The molecule has 1 aliphatic rings. The van der Waals surface area contributed by atoms with Crippen LogP contribution in [0.15, 0.2) is 0 Å². The maximum atomic E-state index is 11.7. The van der Waals surface area contributed by atoms with E-state index in [-0.39, 0.29) is 12.5 Å². The van der Waals surface area contributed by atoms with Crippen LogP contribution >= 0.6 is 0 Å². The molecule has 1 fully saturated rings. The molecule has 3 heteroatoms. The fourth-order valence-corrected chi connectivity index (χ4v) is 2.05. The number of hydrogen-bond donors (Lipinski definition) is 1. The lowest BCUT2D eigenvalue weighted by Crippen LogP contribution is -2.40. The van der Waals surface area contributed by atoms with Gasteiger partial charge in [0.05, 0.1) is 0 Å². The molecule has 1 N–H and O–H groups in total. The average molecular weight is 209 g/mol. The van der Waals surface area contributed by atoms with Crippen molar-refractivity contribution in [2.45, 2.75) is 32.1 Å². The van der Waals surface area contributed by atoms with Gasteiger partial charge < -0.3 is 10.0 Å². The zero-order valence-corrected chi connectivity index (χ0v) is 9.11.